The zero-order valence-electron chi connectivity index (χ0n) is 22.3. The van der Waals surface area contributed by atoms with Crippen LogP contribution in [0, 0.1) is 6.92 Å². The number of ether oxygens (including phenoxy) is 2. The van der Waals surface area contributed by atoms with Crippen molar-refractivity contribution >= 4 is 46.2 Å². The van der Waals surface area contributed by atoms with Gasteiger partial charge in [0.05, 0.1) is 31.7 Å². The van der Waals surface area contributed by atoms with Gasteiger partial charge in [-0.2, -0.15) is 0 Å². The molecule has 0 saturated carbocycles. The van der Waals surface area contributed by atoms with Crippen LogP contribution in [-0.4, -0.2) is 55.7 Å². The first-order valence-corrected chi connectivity index (χ1v) is 17.1. The number of hydrogen-bond acceptors (Lipinski definition) is 11. The van der Waals surface area contributed by atoms with Crippen molar-refractivity contribution in [3.8, 4) is 5.75 Å². The zero-order valence-corrected chi connectivity index (χ0v) is 24.8. The predicted molar refractivity (Wildman–Crippen MR) is 159 cm³/mol. The van der Waals surface area contributed by atoms with E-state index in [1.165, 1.54) is 6.33 Å². The van der Waals surface area contributed by atoms with Gasteiger partial charge in [0.2, 0.25) is 0 Å². The smallest absolute Gasteiger partial charge is 0.405 e. The third-order valence-corrected chi connectivity index (χ3v) is 10.2. The molecule has 2 aromatic carbocycles. The molecule has 2 unspecified atom stereocenters. The molecule has 4 atom stereocenters. The molecule has 4 aromatic rings. The number of rotatable bonds is 12. The van der Waals surface area contributed by atoms with E-state index >= 15 is 0 Å². The summed E-state index contributed by atoms with van der Waals surface area (Å²) in [5.74, 6) is 2.10. The van der Waals surface area contributed by atoms with Gasteiger partial charge in [-0.05, 0) is 37.1 Å². The fraction of sp³-hybridized carbons (Fsp3) is 0.370. The summed E-state index contributed by atoms with van der Waals surface area (Å²) in [5, 5.41) is 0. The van der Waals surface area contributed by atoms with Crippen LogP contribution in [0.25, 0.3) is 11.2 Å². The number of nitrogen functional groups attached to an aromatic ring is 1. The standard InChI is InChI=1S/C27H32N5O5PS2/c1-19-7-6-10-22(11-19)36-38(33,18-35-20(2)12-32-17-31-25-26(28)29-16-30-27(25)32)37-24-15-40-39-14-23(24)34-13-21-8-4-3-5-9-21/h3-11,16-17,20,23-24H,12-15,18H2,1-2H3,(H2,28,29,30)/t20-,23+,24?,38?/m1/s1. The van der Waals surface area contributed by atoms with Gasteiger partial charge in [-0.1, -0.05) is 64.1 Å². The number of fused-ring (bicyclic) bond motifs is 1. The van der Waals surface area contributed by atoms with Crippen molar-refractivity contribution in [3.05, 3.63) is 78.4 Å². The van der Waals surface area contributed by atoms with Crippen LogP contribution in [0.1, 0.15) is 18.1 Å². The van der Waals surface area contributed by atoms with Gasteiger partial charge in [-0.15, -0.1) is 0 Å². The molecular formula is C27H32N5O5PS2. The Morgan fingerprint density at radius 3 is 2.67 bits per heavy atom. The average molecular weight is 602 g/mol. The number of anilines is 1. The van der Waals surface area contributed by atoms with Gasteiger partial charge in [0.25, 0.3) is 0 Å². The Kier molecular flexibility index (Phi) is 9.67. The molecule has 0 aliphatic carbocycles. The lowest BCUT2D eigenvalue weighted by Crippen LogP contribution is -2.38. The van der Waals surface area contributed by atoms with E-state index in [4.69, 9.17) is 24.3 Å². The van der Waals surface area contributed by atoms with Crippen LogP contribution < -0.4 is 10.3 Å². The number of hydrogen-bond donors (Lipinski definition) is 1. The number of aryl methyl sites for hydroxylation is 1. The SMILES string of the molecule is Cc1cccc(OP(=O)(CO[C@H](C)Cn2cnc3c(N)ncnc32)OC2CSSC[C@@H]2OCc2ccccc2)c1. The van der Waals surface area contributed by atoms with E-state index in [9.17, 15) is 4.57 Å². The second kappa shape index (κ2) is 13.4. The van der Waals surface area contributed by atoms with Crippen LogP contribution in [0.3, 0.4) is 0 Å². The molecule has 2 N–H and O–H groups in total. The molecule has 212 valence electrons. The van der Waals surface area contributed by atoms with E-state index in [2.05, 4.69) is 15.0 Å². The highest BCUT2D eigenvalue weighted by Gasteiger charge is 2.38. The monoisotopic (exact) mass is 601 g/mol. The summed E-state index contributed by atoms with van der Waals surface area (Å²) < 4.78 is 40.7. The van der Waals surface area contributed by atoms with E-state index in [0.717, 1.165) is 11.1 Å². The van der Waals surface area contributed by atoms with E-state index in [0.29, 0.717) is 47.4 Å². The van der Waals surface area contributed by atoms with Crippen LogP contribution >= 0.6 is 29.2 Å². The first-order chi connectivity index (χ1) is 19.4. The highest BCUT2D eigenvalue weighted by Crippen LogP contribution is 2.52. The minimum atomic E-state index is -3.76. The molecule has 0 spiro atoms. The Hall–Kier alpha value is -2.60. The van der Waals surface area contributed by atoms with Crippen LogP contribution in [-0.2, 0) is 31.7 Å². The van der Waals surface area contributed by atoms with Crippen LogP contribution in [0.15, 0.2) is 67.3 Å². The second-order valence-corrected chi connectivity index (χ2v) is 13.9. The van der Waals surface area contributed by atoms with Gasteiger partial charge in [0, 0.05) is 11.5 Å². The summed E-state index contributed by atoms with van der Waals surface area (Å²) in [7, 11) is -0.371. The molecule has 2 aromatic heterocycles. The van der Waals surface area contributed by atoms with Crippen LogP contribution in [0.2, 0.25) is 0 Å². The molecular weight excluding hydrogens is 569 g/mol. The van der Waals surface area contributed by atoms with E-state index in [-0.39, 0.29) is 18.6 Å². The summed E-state index contributed by atoms with van der Waals surface area (Å²) in [6.07, 6.45) is 1.78. The normalized spacial score (nSPS) is 19.8. The maximum atomic E-state index is 14.2. The van der Waals surface area contributed by atoms with E-state index in [1.807, 2.05) is 66.9 Å². The fourth-order valence-electron chi connectivity index (χ4n) is 4.17. The molecule has 1 aliphatic heterocycles. The van der Waals surface area contributed by atoms with Gasteiger partial charge in [-0.3, -0.25) is 4.52 Å². The lowest BCUT2D eigenvalue weighted by atomic mass is 10.2. The molecule has 3 heterocycles. The third kappa shape index (κ3) is 7.57. The van der Waals surface area contributed by atoms with Gasteiger partial charge < -0.3 is 24.3 Å². The fourth-order valence-corrected chi connectivity index (χ4v) is 8.36. The minimum Gasteiger partial charge on any atom is -0.423 e. The van der Waals surface area contributed by atoms with Gasteiger partial charge in [-0.25, -0.2) is 19.5 Å². The van der Waals surface area contributed by atoms with Crippen molar-refractivity contribution in [3.63, 3.8) is 0 Å². The molecule has 0 bridgehead atoms. The molecule has 0 amide bonds. The predicted octanol–water partition coefficient (Wildman–Crippen LogP) is 5.72. The van der Waals surface area contributed by atoms with Crippen LogP contribution in [0.5, 0.6) is 5.75 Å². The Labute approximate surface area is 241 Å². The summed E-state index contributed by atoms with van der Waals surface area (Å²) >= 11 is 0. The number of nitrogens with two attached hydrogens (primary N) is 1. The zero-order chi connectivity index (χ0) is 28.0. The Morgan fingerprint density at radius 1 is 1.07 bits per heavy atom. The maximum Gasteiger partial charge on any atom is 0.405 e. The molecule has 1 saturated heterocycles. The third-order valence-electron chi connectivity index (χ3n) is 6.20. The first kappa shape index (κ1) is 28.9. The number of imidazole rings is 1. The first-order valence-electron chi connectivity index (χ1n) is 12.8. The van der Waals surface area contributed by atoms with Gasteiger partial charge >= 0.3 is 7.60 Å². The molecule has 13 heteroatoms. The highest BCUT2D eigenvalue weighted by molar-refractivity contribution is 8.76. The average Bonchev–Trinajstić information content (AvgIpc) is 3.36. The van der Waals surface area contributed by atoms with Crippen molar-refractivity contribution < 1.29 is 23.1 Å². The van der Waals surface area contributed by atoms with E-state index in [1.54, 1.807) is 34.0 Å². The lowest BCUT2D eigenvalue weighted by Gasteiger charge is -2.33. The van der Waals surface area contributed by atoms with Crippen molar-refractivity contribution in [1.29, 1.82) is 0 Å². The largest absolute Gasteiger partial charge is 0.423 e. The molecule has 5 rings (SSSR count). The number of benzene rings is 2. The van der Waals surface area contributed by atoms with Crippen molar-refractivity contribution in [2.75, 3.05) is 23.6 Å². The molecule has 10 nitrogen and oxygen atoms in total. The summed E-state index contributed by atoms with van der Waals surface area (Å²) in [5.41, 5.74) is 9.10. The Morgan fingerprint density at radius 2 is 1.88 bits per heavy atom. The van der Waals surface area contributed by atoms with Gasteiger partial charge in [0.15, 0.2) is 17.8 Å². The molecule has 40 heavy (non-hydrogen) atoms. The second-order valence-electron chi connectivity index (χ2n) is 9.50. The minimum absolute atomic E-state index is 0.231. The summed E-state index contributed by atoms with van der Waals surface area (Å²) in [6.45, 7) is 4.69. The van der Waals surface area contributed by atoms with Crippen LogP contribution in [0.4, 0.5) is 5.82 Å². The van der Waals surface area contributed by atoms with Crippen molar-refractivity contribution in [2.45, 2.75) is 45.3 Å². The highest BCUT2D eigenvalue weighted by atomic mass is 33.1. The number of aromatic nitrogens is 4. The summed E-state index contributed by atoms with van der Waals surface area (Å²) in [4.78, 5) is 12.6. The molecule has 0 radical (unpaired) electrons. The van der Waals surface area contributed by atoms with E-state index < -0.39 is 13.7 Å². The topological polar surface area (TPSA) is 124 Å². The molecule has 1 fully saturated rings. The Bertz CT molecular complexity index is 1460. The lowest BCUT2D eigenvalue weighted by molar-refractivity contribution is -0.0192. The maximum absolute atomic E-state index is 14.2. The number of nitrogens with zero attached hydrogens (tertiary/aromatic N) is 4. The van der Waals surface area contributed by atoms with Crippen molar-refractivity contribution in [2.24, 2.45) is 0 Å². The van der Waals surface area contributed by atoms with Gasteiger partial charge in [0.1, 0.15) is 23.7 Å². The summed E-state index contributed by atoms with van der Waals surface area (Å²) in [6, 6.07) is 17.4. The Balaban J connectivity index is 1.29. The molecule has 1 aliphatic rings. The van der Waals surface area contributed by atoms with Crippen molar-refractivity contribution in [1.82, 2.24) is 19.5 Å². The quantitative estimate of drug-likeness (QED) is 0.158.